The number of likely N-dealkylation sites (tertiary alicyclic amines) is 1. The molecule has 1 aromatic rings. The third kappa shape index (κ3) is 2.21. The molecule has 2 heterocycles. The van der Waals surface area contributed by atoms with Gasteiger partial charge in [0.2, 0.25) is 6.79 Å². The van der Waals surface area contributed by atoms with Crippen molar-refractivity contribution in [1.82, 2.24) is 4.90 Å². The predicted molar refractivity (Wildman–Crippen MR) is 69.7 cm³/mol. The molecule has 6 heteroatoms. The van der Waals surface area contributed by atoms with Gasteiger partial charge in [-0.3, -0.25) is 9.69 Å². The Hall–Kier alpha value is -1.79. The highest BCUT2D eigenvalue weighted by molar-refractivity contribution is 5.71. The van der Waals surface area contributed by atoms with Gasteiger partial charge in [0.1, 0.15) is 0 Å². The maximum atomic E-state index is 11.1. The zero-order valence-corrected chi connectivity index (χ0v) is 11.2. The van der Waals surface area contributed by atoms with Gasteiger partial charge < -0.3 is 19.7 Å². The Morgan fingerprint density at radius 1 is 1.35 bits per heavy atom. The van der Waals surface area contributed by atoms with Gasteiger partial charge in [0.15, 0.2) is 11.5 Å². The smallest absolute Gasteiger partial charge is 0.310 e. The second-order valence-corrected chi connectivity index (χ2v) is 5.32. The Kier molecular flexibility index (Phi) is 3.27. The molecule has 2 N–H and O–H groups in total. The number of aliphatic hydroxyl groups excluding tert-OH is 1. The van der Waals surface area contributed by atoms with E-state index in [1.807, 2.05) is 30.1 Å². The van der Waals surface area contributed by atoms with Gasteiger partial charge in [-0.25, -0.2) is 0 Å². The van der Waals surface area contributed by atoms with Crippen molar-refractivity contribution in [3.05, 3.63) is 23.8 Å². The Balaban J connectivity index is 1.82. The SMILES string of the molecule is CN1CC(C(=O)O)C(O)CC1c1ccc2c(c1)OCO2. The van der Waals surface area contributed by atoms with E-state index in [0.29, 0.717) is 18.7 Å². The van der Waals surface area contributed by atoms with Crippen LogP contribution in [0.3, 0.4) is 0 Å². The molecule has 3 rings (SSSR count). The summed E-state index contributed by atoms with van der Waals surface area (Å²) < 4.78 is 10.6. The zero-order valence-electron chi connectivity index (χ0n) is 11.2. The van der Waals surface area contributed by atoms with Crippen LogP contribution in [-0.2, 0) is 4.79 Å². The molecule has 0 saturated carbocycles. The number of rotatable bonds is 2. The highest BCUT2D eigenvalue weighted by atomic mass is 16.7. The van der Waals surface area contributed by atoms with Crippen LogP contribution < -0.4 is 9.47 Å². The van der Waals surface area contributed by atoms with Crippen molar-refractivity contribution in [2.75, 3.05) is 20.4 Å². The Bertz CT molecular complexity index is 532. The minimum absolute atomic E-state index is 0.0184. The number of ether oxygens (including phenoxy) is 2. The molecular weight excluding hydrogens is 262 g/mol. The number of piperidine rings is 1. The quantitative estimate of drug-likeness (QED) is 0.835. The fourth-order valence-electron chi connectivity index (χ4n) is 2.89. The number of carboxylic acids is 1. The summed E-state index contributed by atoms with van der Waals surface area (Å²) in [6.45, 7) is 0.554. The van der Waals surface area contributed by atoms with Gasteiger partial charge in [0.05, 0.1) is 12.0 Å². The summed E-state index contributed by atoms with van der Waals surface area (Å²) in [5.74, 6) is -0.263. The minimum atomic E-state index is -0.950. The van der Waals surface area contributed by atoms with E-state index in [4.69, 9.17) is 14.6 Å². The lowest BCUT2D eigenvalue weighted by atomic mass is 9.87. The van der Waals surface area contributed by atoms with Gasteiger partial charge in [-0.1, -0.05) is 6.07 Å². The number of fused-ring (bicyclic) bond motifs is 1. The molecule has 0 radical (unpaired) electrons. The van der Waals surface area contributed by atoms with Crippen LogP contribution in [0.1, 0.15) is 18.0 Å². The molecule has 0 bridgehead atoms. The van der Waals surface area contributed by atoms with Crippen LogP contribution in [0.25, 0.3) is 0 Å². The topological polar surface area (TPSA) is 79.2 Å². The lowest BCUT2D eigenvalue weighted by molar-refractivity contribution is -0.150. The number of nitrogens with zero attached hydrogens (tertiary/aromatic N) is 1. The molecule has 0 spiro atoms. The van der Waals surface area contributed by atoms with E-state index in [2.05, 4.69) is 0 Å². The molecule has 0 amide bonds. The molecule has 1 fully saturated rings. The summed E-state index contributed by atoms with van der Waals surface area (Å²) >= 11 is 0. The second-order valence-electron chi connectivity index (χ2n) is 5.32. The summed E-state index contributed by atoms with van der Waals surface area (Å²) in [4.78, 5) is 13.0. The molecule has 1 aromatic carbocycles. The van der Waals surface area contributed by atoms with E-state index in [9.17, 15) is 9.90 Å². The molecule has 1 saturated heterocycles. The molecule has 108 valence electrons. The molecule has 3 atom stereocenters. The van der Waals surface area contributed by atoms with E-state index in [-0.39, 0.29) is 12.8 Å². The third-order valence-corrected chi connectivity index (χ3v) is 4.04. The number of carbonyl (C=O) groups is 1. The normalized spacial score (nSPS) is 29.4. The third-order valence-electron chi connectivity index (χ3n) is 4.04. The van der Waals surface area contributed by atoms with Crippen LogP contribution in [0.5, 0.6) is 11.5 Å². The summed E-state index contributed by atoms with van der Waals surface area (Å²) in [7, 11) is 1.87. The maximum Gasteiger partial charge on any atom is 0.310 e. The van der Waals surface area contributed by atoms with Gasteiger partial charge >= 0.3 is 5.97 Å². The predicted octanol–water partition coefficient (Wildman–Crippen LogP) is 0.854. The first-order valence-corrected chi connectivity index (χ1v) is 6.57. The van der Waals surface area contributed by atoms with Crippen molar-refractivity contribution in [1.29, 1.82) is 0 Å². The largest absolute Gasteiger partial charge is 0.481 e. The van der Waals surface area contributed by atoms with Crippen molar-refractivity contribution in [3.63, 3.8) is 0 Å². The molecule has 6 nitrogen and oxygen atoms in total. The zero-order chi connectivity index (χ0) is 14.3. The molecule has 20 heavy (non-hydrogen) atoms. The fourth-order valence-corrected chi connectivity index (χ4v) is 2.89. The second kappa shape index (κ2) is 4.96. The number of aliphatic hydroxyl groups is 1. The van der Waals surface area contributed by atoms with Crippen LogP contribution in [0, 0.1) is 5.92 Å². The van der Waals surface area contributed by atoms with E-state index >= 15 is 0 Å². The number of benzene rings is 1. The highest BCUT2D eigenvalue weighted by Gasteiger charge is 2.37. The molecule has 0 aliphatic carbocycles. The van der Waals surface area contributed by atoms with E-state index in [0.717, 1.165) is 11.3 Å². The molecule has 0 aromatic heterocycles. The van der Waals surface area contributed by atoms with Gasteiger partial charge in [0.25, 0.3) is 0 Å². The Morgan fingerprint density at radius 2 is 2.10 bits per heavy atom. The number of aliphatic carboxylic acids is 1. The van der Waals surface area contributed by atoms with Gasteiger partial charge in [-0.2, -0.15) is 0 Å². The summed E-state index contributed by atoms with van der Waals surface area (Å²) in [5, 5.41) is 19.1. The first-order chi connectivity index (χ1) is 9.56. The van der Waals surface area contributed by atoms with Crippen LogP contribution in [0.15, 0.2) is 18.2 Å². The average Bonchev–Trinajstić information content (AvgIpc) is 2.87. The standard InChI is InChI=1S/C14H17NO5/c1-15-6-9(14(17)18)11(16)5-10(15)8-2-3-12-13(4-8)20-7-19-12/h2-4,9-11,16H,5-7H2,1H3,(H,17,18). The Labute approximate surface area is 116 Å². The molecular formula is C14H17NO5. The minimum Gasteiger partial charge on any atom is -0.481 e. The first kappa shape index (κ1) is 13.2. The number of hydrogen-bond donors (Lipinski definition) is 2. The monoisotopic (exact) mass is 279 g/mol. The molecule has 3 unspecified atom stereocenters. The fraction of sp³-hybridized carbons (Fsp3) is 0.500. The van der Waals surface area contributed by atoms with Gasteiger partial charge in [-0.05, 0) is 31.2 Å². The Morgan fingerprint density at radius 3 is 2.85 bits per heavy atom. The summed E-state index contributed by atoms with van der Waals surface area (Å²) in [6.07, 6.45) is -0.438. The van der Waals surface area contributed by atoms with Crippen molar-refractivity contribution >= 4 is 5.97 Å². The number of hydrogen-bond acceptors (Lipinski definition) is 5. The molecule has 2 aliphatic rings. The lowest BCUT2D eigenvalue weighted by Gasteiger charge is -2.38. The van der Waals surface area contributed by atoms with Crippen molar-refractivity contribution < 1.29 is 24.5 Å². The first-order valence-electron chi connectivity index (χ1n) is 6.57. The van der Waals surface area contributed by atoms with Crippen LogP contribution in [0.4, 0.5) is 0 Å². The van der Waals surface area contributed by atoms with Crippen molar-refractivity contribution in [3.8, 4) is 11.5 Å². The van der Waals surface area contributed by atoms with Crippen LogP contribution >= 0.6 is 0 Å². The number of carboxylic acid groups (broad SMARTS) is 1. The summed E-state index contributed by atoms with van der Waals surface area (Å²) in [5.41, 5.74) is 1.000. The van der Waals surface area contributed by atoms with E-state index in [1.54, 1.807) is 0 Å². The van der Waals surface area contributed by atoms with Gasteiger partial charge in [0, 0.05) is 12.6 Å². The van der Waals surface area contributed by atoms with Crippen molar-refractivity contribution in [2.24, 2.45) is 5.92 Å². The highest BCUT2D eigenvalue weighted by Crippen LogP contribution is 2.38. The van der Waals surface area contributed by atoms with Crippen LogP contribution in [0.2, 0.25) is 0 Å². The van der Waals surface area contributed by atoms with E-state index < -0.39 is 18.0 Å². The summed E-state index contributed by atoms with van der Waals surface area (Å²) in [6, 6.07) is 5.66. The van der Waals surface area contributed by atoms with Crippen LogP contribution in [-0.4, -0.2) is 47.6 Å². The van der Waals surface area contributed by atoms with E-state index in [1.165, 1.54) is 0 Å². The molecule has 2 aliphatic heterocycles. The average molecular weight is 279 g/mol. The maximum absolute atomic E-state index is 11.1. The lowest BCUT2D eigenvalue weighted by Crippen LogP contribution is -2.46. The van der Waals surface area contributed by atoms with Crippen molar-refractivity contribution in [2.45, 2.75) is 18.6 Å². The van der Waals surface area contributed by atoms with Gasteiger partial charge in [-0.15, -0.1) is 0 Å².